The summed E-state index contributed by atoms with van der Waals surface area (Å²) < 4.78 is 0. The van der Waals surface area contributed by atoms with Crippen molar-refractivity contribution >= 4 is 34.9 Å². The van der Waals surface area contributed by atoms with Crippen molar-refractivity contribution in [2.24, 2.45) is 0 Å². The smallest absolute Gasteiger partial charge is 0.335 e. The van der Waals surface area contributed by atoms with E-state index in [0.717, 1.165) is 25.7 Å². The van der Waals surface area contributed by atoms with Crippen LogP contribution in [0.4, 0.5) is 11.4 Å². The molecule has 8 heteroatoms. The Morgan fingerprint density at radius 2 is 1.09 bits per heavy atom. The molecule has 4 rings (SSSR count). The minimum atomic E-state index is -1.13. The van der Waals surface area contributed by atoms with E-state index in [1.54, 1.807) is 12.1 Å². The molecular formula is C26H26N2O6. The zero-order chi connectivity index (χ0) is 24.6. The Bertz CT molecular complexity index is 1150. The van der Waals surface area contributed by atoms with Gasteiger partial charge in [-0.1, -0.05) is 26.7 Å². The quantitative estimate of drug-likeness (QED) is 0.547. The number of benzene rings is 2. The Balaban J connectivity index is 1.93. The van der Waals surface area contributed by atoms with E-state index in [0.29, 0.717) is 24.5 Å². The molecule has 8 nitrogen and oxygen atoms in total. The van der Waals surface area contributed by atoms with Gasteiger partial charge in [0.2, 0.25) is 11.6 Å². The lowest BCUT2D eigenvalue weighted by atomic mass is 10.0. The van der Waals surface area contributed by atoms with Gasteiger partial charge in [-0.05, 0) is 49.2 Å². The van der Waals surface area contributed by atoms with E-state index in [1.807, 2.05) is 23.6 Å². The number of rotatable bonds is 8. The zero-order valence-electron chi connectivity index (χ0n) is 19.1. The van der Waals surface area contributed by atoms with Crippen molar-refractivity contribution in [3.63, 3.8) is 0 Å². The van der Waals surface area contributed by atoms with Crippen LogP contribution in [0.3, 0.4) is 0 Å². The number of anilines is 2. The number of unbranched alkanes of at least 4 members (excludes halogenated alkanes) is 2. The first kappa shape index (κ1) is 23.2. The second-order valence-electron chi connectivity index (χ2n) is 8.44. The molecule has 0 unspecified atom stereocenters. The summed E-state index contributed by atoms with van der Waals surface area (Å²) in [4.78, 5) is 54.0. The molecule has 0 fully saturated rings. The summed E-state index contributed by atoms with van der Waals surface area (Å²) in [6.45, 7) is 5.03. The summed E-state index contributed by atoms with van der Waals surface area (Å²) >= 11 is 0. The Morgan fingerprint density at radius 1 is 0.706 bits per heavy atom. The van der Waals surface area contributed by atoms with Crippen molar-refractivity contribution in [3.05, 3.63) is 70.0 Å². The van der Waals surface area contributed by atoms with Crippen LogP contribution >= 0.6 is 0 Å². The SMILES string of the molecule is CCCCN1/C(=C2\C(=O)c3cc(C(=O)O)ccc3N2CCCC)C(=O)c2cc(C(=O)O)ccc21. The number of Topliss-reactive ketones (excluding diaryl/α,β-unsaturated/α-hetero) is 2. The van der Waals surface area contributed by atoms with Crippen LogP contribution in [0.15, 0.2) is 47.8 Å². The van der Waals surface area contributed by atoms with Crippen molar-refractivity contribution in [2.45, 2.75) is 39.5 Å². The molecule has 2 aliphatic heterocycles. The Kier molecular flexibility index (Phi) is 6.24. The molecule has 0 atom stereocenters. The van der Waals surface area contributed by atoms with Gasteiger partial charge in [-0.25, -0.2) is 9.59 Å². The summed E-state index contributed by atoms with van der Waals surface area (Å²) in [6.07, 6.45) is 3.27. The third kappa shape index (κ3) is 3.75. The zero-order valence-corrected chi connectivity index (χ0v) is 19.1. The molecular weight excluding hydrogens is 436 g/mol. The van der Waals surface area contributed by atoms with E-state index in [4.69, 9.17) is 0 Å². The number of ketones is 2. The average molecular weight is 463 g/mol. The Hall–Kier alpha value is -3.94. The lowest BCUT2D eigenvalue weighted by Crippen LogP contribution is -2.31. The van der Waals surface area contributed by atoms with Gasteiger partial charge in [0.05, 0.1) is 22.5 Å². The van der Waals surface area contributed by atoms with Crippen molar-refractivity contribution < 1.29 is 29.4 Å². The van der Waals surface area contributed by atoms with Crippen LogP contribution in [0, 0.1) is 0 Å². The minimum Gasteiger partial charge on any atom is -0.478 e. The Morgan fingerprint density at radius 3 is 1.41 bits per heavy atom. The summed E-state index contributed by atoms with van der Waals surface area (Å²) in [5.74, 6) is -3.06. The first-order valence-corrected chi connectivity index (χ1v) is 11.4. The highest BCUT2D eigenvalue weighted by Gasteiger charge is 2.43. The van der Waals surface area contributed by atoms with Gasteiger partial charge in [-0.2, -0.15) is 0 Å². The first-order chi connectivity index (χ1) is 16.3. The molecule has 2 N–H and O–H groups in total. The Labute approximate surface area is 197 Å². The van der Waals surface area contributed by atoms with Crippen LogP contribution in [0.5, 0.6) is 0 Å². The fourth-order valence-electron chi connectivity index (χ4n) is 4.48. The third-order valence-corrected chi connectivity index (χ3v) is 6.22. The van der Waals surface area contributed by atoms with Crippen molar-refractivity contribution in [1.29, 1.82) is 0 Å². The summed E-state index contributed by atoms with van der Waals surface area (Å²) in [5, 5.41) is 18.8. The largest absolute Gasteiger partial charge is 0.478 e. The van der Waals surface area contributed by atoms with Gasteiger partial charge in [0.15, 0.2) is 0 Å². The fourth-order valence-corrected chi connectivity index (χ4v) is 4.48. The van der Waals surface area contributed by atoms with Gasteiger partial charge < -0.3 is 20.0 Å². The van der Waals surface area contributed by atoms with E-state index >= 15 is 0 Å². The molecule has 0 saturated carbocycles. The molecule has 0 bridgehead atoms. The molecule has 34 heavy (non-hydrogen) atoms. The van der Waals surface area contributed by atoms with Crippen LogP contribution in [0.25, 0.3) is 0 Å². The van der Waals surface area contributed by atoms with E-state index in [-0.39, 0.29) is 33.6 Å². The molecule has 0 aliphatic carbocycles. The van der Waals surface area contributed by atoms with Gasteiger partial charge >= 0.3 is 11.9 Å². The molecule has 2 aromatic carbocycles. The van der Waals surface area contributed by atoms with Crippen molar-refractivity contribution in [3.8, 4) is 0 Å². The highest BCUT2D eigenvalue weighted by Crippen LogP contribution is 2.43. The topological polar surface area (TPSA) is 115 Å². The lowest BCUT2D eigenvalue weighted by Gasteiger charge is -2.26. The van der Waals surface area contributed by atoms with Crippen LogP contribution in [-0.4, -0.2) is 46.8 Å². The molecule has 0 amide bonds. The average Bonchev–Trinajstić information content (AvgIpc) is 3.25. The molecule has 0 spiro atoms. The molecule has 176 valence electrons. The molecule has 0 radical (unpaired) electrons. The number of hydrogen-bond donors (Lipinski definition) is 2. The second kappa shape index (κ2) is 9.13. The predicted octanol–water partition coefficient (Wildman–Crippen LogP) is 4.60. The summed E-state index contributed by atoms with van der Waals surface area (Å²) in [7, 11) is 0. The maximum absolute atomic E-state index is 13.7. The van der Waals surface area contributed by atoms with Gasteiger partial charge in [-0.3, -0.25) is 9.59 Å². The molecule has 0 saturated heterocycles. The standard InChI is InChI=1S/C26H26N2O6/c1-3-5-11-27-19-9-7-15(25(31)32)13-17(19)23(29)21(27)22-24(30)18-14-16(26(33)34)8-10-20(18)28(22)12-6-4-2/h7-10,13-14H,3-6,11-12H2,1-2H3,(H,31,32)(H,33,34)/b22-21+. The highest BCUT2D eigenvalue weighted by atomic mass is 16.4. The number of carbonyl (C=O) groups excluding carboxylic acids is 2. The molecule has 2 aliphatic rings. The maximum atomic E-state index is 13.7. The normalized spacial score (nSPS) is 16.8. The van der Waals surface area contributed by atoms with Crippen LogP contribution in [-0.2, 0) is 0 Å². The number of fused-ring (bicyclic) bond motifs is 2. The first-order valence-electron chi connectivity index (χ1n) is 11.4. The third-order valence-electron chi connectivity index (χ3n) is 6.22. The second-order valence-corrected chi connectivity index (χ2v) is 8.44. The number of allylic oxidation sites excluding steroid dienone is 2. The van der Waals surface area contributed by atoms with Crippen LogP contribution < -0.4 is 9.80 Å². The summed E-state index contributed by atoms with van der Waals surface area (Å²) in [6, 6.07) is 8.87. The molecule has 2 aromatic rings. The van der Waals surface area contributed by atoms with Gasteiger partial charge in [0, 0.05) is 24.2 Å². The number of hydrogen-bond acceptors (Lipinski definition) is 6. The van der Waals surface area contributed by atoms with Crippen molar-refractivity contribution in [1.82, 2.24) is 0 Å². The van der Waals surface area contributed by atoms with Crippen molar-refractivity contribution in [2.75, 3.05) is 22.9 Å². The van der Waals surface area contributed by atoms with E-state index in [2.05, 4.69) is 0 Å². The summed E-state index contributed by atoms with van der Waals surface area (Å²) in [5.41, 5.74) is 2.12. The van der Waals surface area contributed by atoms with Gasteiger partial charge in [-0.15, -0.1) is 0 Å². The van der Waals surface area contributed by atoms with E-state index < -0.39 is 23.5 Å². The van der Waals surface area contributed by atoms with Gasteiger partial charge in [0.1, 0.15) is 11.4 Å². The number of carboxylic acid groups (broad SMARTS) is 2. The van der Waals surface area contributed by atoms with E-state index in [1.165, 1.54) is 24.3 Å². The van der Waals surface area contributed by atoms with Crippen LogP contribution in [0.2, 0.25) is 0 Å². The maximum Gasteiger partial charge on any atom is 0.335 e. The number of nitrogens with zero attached hydrogens (tertiary/aromatic N) is 2. The number of carbonyl (C=O) groups is 4. The number of carboxylic acids is 2. The monoisotopic (exact) mass is 462 g/mol. The fraction of sp³-hybridized carbons (Fsp3) is 0.308. The predicted molar refractivity (Wildman–Crippen MR) is 127 cm³/mol. The van der Waals surface area contributed by atoms with Crippen LogP contribution in [0.1, 0.15) is 81.0 Å². The molecule has 2 heterocycles. The molecule has 0 aromatic heterocycles. The van der Waals surface area contributed by atoms with E-state index in [9.17, 15) is 29.4 Å². The van der Waals surface area contributed by atoms with Gasteiger partial charge in [0.25, 0.3) is 0 Å². The highest BCUT2D eigenvalue weighted by molar-refractivity contribution is 6.28. The minimum absolute atomic E-state index is 0.00349. The number of aromatic carboxylic acids is 2. The lowest BCUT2D eigenvalue weighted by molar-refractivity contribution is 0.0686.